The predicted octanol–water partition coefficient (Wildman–Crippen LogP) is 4.59. The molecule has 2 aromatic heterocycles. The van der Waals surface area contributed by atoms with Crippen LogP contribution in [0.15, 0.2) is 30.7 Å². The first-order valence-corrected chi connectivity index (χ1v) is 12.8. The molecular weight excluding hydrogens is 442 g/mol. The van der Waals surface area contributed by atoms with Gasteiger partial charge in [-0.3, -0.25) is 4.90 Å². The lowest BCUT2D eigenvalue weighted by atomic mass is 9.78. The smallest absolute Gasteiger partial charge is 0.410 e. The first-order chi connectivity index (χ1) is 17.1. The van der Waals surface area contributed by atoms with E-state index in [1.54, 1.807) is 11.0 Å². The van der Waals surface area contributed by atoms with Crippen molar-refractivity contribution >= 4 is 17.1 Å². The summed E-state index contributed by atoms with van der Waals surface area (Å²) >= 11 is 0. The molecule has 3 heterocycles. The summed E-state index contributed by atoms with van der Waals surface area (Å²) < 4.78 is 10.2. The number of nitriles is 1. The molecule has 0 bridgehead atoms. The van der Waals surface area contributed by atoms with E-state index in [0.717, 1.165) is 61.8 Å². The number of rotatable bonds is 5. The number of ether oxygens (including phenoxy) is 1. The Morgan fingerprint density at radius 1 is 1.17 bits per heavy atom. The van der Waals surface area contributed by atoms with Gasteiger partial charge in [0, 0.05) is 6.54 Å². The molecule has 2 saturated carbocycles. The van der Waals surface area contributed by atoms with Gasteiger partial charge in [0.2, 0.25) is 0 Å². The molecule has 1 spiro atoms. The molecule has 1 aromatic carbocycles. The van der Waals surface area contributed by atoms with Crippen LogP contribution in [0.3, 0.4) is 0 Å². The molecule has 6 rings (SSSR count). The summed E-state index contributed by atoms with van der Waals surface area (Å²) in [6.07, 6.45) is 13.6. The van der Waals surface area contributed by atoms with Gasteiger partial charge < -0.3 is 9.30 Å². The van der Waals surface area contributed by atoms with Gasteiger partial charge in [-0.15, -0.1) is 5.10 Å². The van der Waals surface area contributed by atoms with E-state index in [-0.39, 0.29) is 6.09 Å². The first-order valence-electron chi connectivity index (χ1n) is 12.8. The van der Waals surface area contributed by atoms with Crippen molar-refractivity contribution in [3.8, 4) is 6.07 Å². The van der Waals surface area contributed by atoms with Crippen molar-refractivity contribution in [2.24, 2.45) is 5.92 Å². The van der Waals surface area contributed by atoms with E-state index in [4.69, 9.17) is 4.74 Å². The van der Waals surface area contributed by atoms with E-state index < -0.39 is 5.60 Å². The van der Waals surface area contributed by atoms with Crippen LogP contribution < -0.4 is 0 Å². The molecule has 35 heavy (non-hydrogen) atoms. The lowest BCUT2D eigenvalue weighted by Crippen LogP contribution is -2.40. The maximum absolute atomic E-state index is 12.8. The number of amides is 1. The molecule has 2 aliphatic carbocycles. The Morgan fingerprint density at radius 3 is 2.91 bits per heavy atom. The Balaban J connectivity index is 1.12. The Hall–Kier alpha value is -3.41. The third-order valence-corrected chi connectivity index (χ3v) is 8.01. The molecule has 1 unspecified atom stereocenters. The van der Waals surface area contributed by atoms with Gasteiger partial charge in [0.25, 0.3) is 0 Å². The fourth-order valence-corrected chi connectivity index (χ4v) is 6.31. The molecule has 3 fully saturated rings. The van der Waals surface area contributed by atoms with Gasteiger partial charge >= 0.3 is 6.09 Å². The molecule has 1 saturated heterocycles. The highest BCUT2D eigenvalue weighted by atomic mass is 16.6. The lowest BCUT2D eigenvalue weighted by molar-refractivity contribution is 0.00415. The van der Waals surface area contributed by atoms with Crippen molar-refractivity contribution in [1.29, 1.82) is 5.26 Å². The van der Waals surface area contributed by atoms with Crippen molar-refractivity contribution in [2.75, 3.05) is 6.54 Å². The quantitative estimate of drug-likeness (QED) is 0.537. The van der Waals surface area contributed by atoms with Crippen LogP contribution in [0.1, 0.15) is 75.1 Å². The topological polar surface area (TPSA) is 102 Å². The van der Waals surface area contributed by atoms with E-state index in [1.165, 1.54) is 19.3 Å². The summed E-state index contributed by atoms with van der Waals surface area (Å²) in [6, 6.07) is 8.25. The fraction of sp³-hybridized carbons (Fsp3) is 0.577. The third kappa shape index (κ3) is 4.38. The molecule has 0 radical (unpaired) electrons. The average Bonchev–Trinajstić information content (AvgIpc) is 3.58. The molecule has 1 amide bonds. The largest absolute Gasteiger partial charge is 0.441 e. The summed E-state index contributed by atoms with van der Waals surface area (Å²) in [6.45, 7) is 1.85. The summed E-state index contributed by atoms with van der Waals surface area (Å²) in [7, 11) is 0. The summed E-state index contributed by atoms with van der Waals surface area (Å²) in [5, 5.41) is 18.0. The minimum atomic E-state index is -0.437. The number of hydrogen-bond acceptors (Lipinski definition) is 6. The van der Waals surface area contributed by atoms with Crippen molar-refractivity contribution in [3.63, 3.8) is 0 Å². The van der Waals surface area contributed by atoms with Gasteiger partial charge in [0.1, 0.15) is 11.3 Å². The van der Waals surface area contributed by atoms with Gasteiger partial charge in [-0.05, 0) is 62.6 Å². The van der Waals surface area contributed by atoms with Gasteiger partial charge in [0.05, 0.1) is 54.3 Å². The highest BCUT2D eigenvalue weighted by Gasteiger charge is 2.48. The molecule has 2 atom stereocenters. The molecular formula is C26H31N7O2. The zero-order valence-electron chi connectivity index (χ0n) is 20.0. The lowest BCUT2D eigenvalue weighted by Gasteiger charge is -2.36. The summed E-state index contributed by atoms with van der Waals surface area (Å²) in [5.74, 6) is 0.381. The number of fused-ring (bicyclic) bond motifs is 1. The van der Waals surface area contributed by atoms with Crippen molar-refractivity contribution in [1.82, 2.24) is 29.4 Å². The predicted molar refractivity (Wildman–Crippen MR) is 128 cm³/mol. The molecule has 0 N–H and O–H groups in total. The van der Waals surface area contributed by atoms with E-state index in [9.17, 15) is 10.1 Å². The Labute approximate surface area is 204 Å². The third-order valence-electron chi connectivity index (χ3n) is 8.01. The van der Waals surface area contributed by atoms with Gasteiger partial charge in [-0.2, -0.15) is 5.26 Å². The van der Waals surface area contributed by atoms with Crippen LogP contribution in [0, 0.1) is 17.2 Å². The van der Waals surface area contributed by atoms with Crippen molar-refractivity contribution in [2.45, 2.75) is 82.5 Å². The standard InChI is InChI=1S/C26H31N7O2/c27-13-19-8-9-23-24(11-19)32(18-28-23)14-20-5-4-10-26(12-20)17-31(25(34)35-26)15-21-16-33(30-29-21)22-6-2-1-3-7-22/h8-9,11,16,18,20,22H,1-7,10,12,14-15,17H2/t20-,26?/m0/s1. The average molecular weight is 474 g/mol. The maximum atomic E-state index is 12.8. The number of benzene rings is 1. The van der Waals surface area contributed by atoms with E-state index >= 15 is 0 Å². The monoisotopic (exact) mass is 473 g/mol. The van der Waals surface area contributed by atoms with Crippen LogP contribution in [-0.4, -0.2) is 47.7 Å². The normalized spacial score (nSPS) is 25.3. The number of aromatic nitrogens is 5. The zero-order chi connectivity index (χ0) is 23.8. The second kappa shape index (κ2) is 8.99. The van der Waals surface area contributed by atoms with Crippen LogP contribution >= 0.6 is 0 Å². The van der Waals surface area contributed by atoms with Gasteiger partial charge in [-0.1, -0.05) is 24.5 Å². The molecule has 182 valence electrons. The highest BCUT2D eigenvalue weighted by molar-refractivity contribution is 5.77. The fourth-order valence-electron chi connectivity index (χ4n) is 6.31. The second-order valence-corrected chi connectivity index (χ2v) is 10.6. The van der Waals surface area contributed by atoms with Gasteiger partial charge in [0.15, 0.2) is 0 Å². The number of nitrogens with zero attached hydrogens (tertiary/aromatic N) is 7. The number of imidazole rings is 1. The van der Waals surface area contributed by atoms with Crippen molar-refractivity contribution in [3.05, 3.63) is 42.0 Å². The van der Waals surface area contributed by atoms with E-state index in [2.05, 4.69) is 25.9 Å². The Bertz CT molecular complexity index is 1270. The second-order valence-electron chi connectivity index (χ2n) is 10.6. The molecule has 9 nitrogen and oxygen atoms in total. The molecule has 3 aromatic rings. The van der Waals surface area contributed by atoms with Crippen LogP contribution in [0.4, 0.5) is 4.79 Å². The molecule has 3 aliphatic rings. The first kappa shape index (κ1) is 22.1. The number of hydrogen-bond donors (Lipinski definition) is 0. The minimum Gasteiger partial charge on any atom is -0.441 e. The molecule has 1 aliphatic heterocycles. The summed E-state index contributed by atoms with van der Waals surface area (Å²) in [4.78, 5) is 19.1. The van der Waals surface area contributed by atoms with Crippen LogP contribution in [0.2, 0.25) is 0 Å². The Morgan fingerprint density at radius 2 is 2.06 bits per heavy atom. The zero-order valence-corrected chi connectivity index (χ0v) is 20.0. The summed E-state index contributed by atoms with van der Waals surface area (Å²) in [5.41, 5.74) is 2.91. The van der Waals surface area contributed by atoms with Gasteiger partial charge in [-0.25, -0.2) is 14.5 Å². The van der Waals surface area contributed by atoms with Crippen LogP contribution in [0.5, 0.6) is 0 Å². The minimum absolute atomic E-state index is 0.246. The maximum Gasteiger partial charge on any atom is 0.410 e. The number of carbonyl (C=O) groups excluding carboxylic acids is 1. The van der Waals surface area contributed by atoms with E-state index in [1.807, 2.05) is 29.3 Å². The SMILES string of the molecule is N#Cc1ccc2ncn(C[C@H]3CCCC4(C3)CN(Cc3cn(C5CCCCC5)nn3)C(=O)O4)c2c1. The van der Waals surface area contributed by atoms with Crippen LogP contribution in [-0.2, 0) is 17.8 Å². The van der Waals surface area contributed by atoms with Crippen LogP contribution in [0.25, 0.3) is 11.0 Å². The Kier molecular flexibility index (Phi) is 5.67. The molecule has 9 heteroatoms. The van der Waals surface area contributed by atoms with E-state index in [0.29, 0.717) is 30.6 Å². The highest BCUT2D eigenvalue weighted by Crippen LogP contribution is 2.41. The number of carbonyl (C=O) groups is 1. The van der Waals surface area contributed by atoms with Crippen molar-refractivity contribution < 1.29 is 9.53 Å².